The van der Waals surface area contributed by atoms with Crippen LogP contribution in [0.2, 0.25) is 0 Å². The summed E-state index contributed by atoms with van der Waals surface area (Å²) in [6, 6.07) is 0. The standard InChI is InChI=1S/C6H11NO.2C5H9NO.C5H8O2.C4H6O2/c1-5(2)6(8)7(3)4;1-4-5(7)6(2)3;1-4-6(3)5(2)7;1-4(2)5(6)7-3;1-3-4(5)6-2/h1H2,2-4H3;2*4H,1H2,2-3H3;1H2,2-3H3;3H,1H2,2H3. The number of carbonyl (C=O) groups excluding carboxylic acids is 5. The third kappa shape index (κ3) is 34.8. The van der Waals surface area contributed by atoms with Crippen molar-refractivity contribution in [2.75, 3.05) is 49.5 Å². The van der Waals surface area contributed by atoms with Gasteiger partial charge >= 0.3 is 11.9 Å². The molecule has 0 aliphatic rings. The second kappa shape index (κ2) is 26.3. The van der Waals surface area contributed by atoms with Crippen molar-refractivity contribution in [3.05, 3.63) is 62.4 Å². The van der Waals surface area contributed by atoms with E-state index in [9.17, 15) is 24.0 Å². The van der Waals surface area contributed by atoms with E-state index < -0.39 is 5.97 Å². The highest BCUT2D eigenvalue weighted by Gasteiger charge is 2.01. The topological polar surface area (TPSA) is 114 Å². The van der Waals surface area contributed by atoms with Gasteiger partial charge in [0.15, 0.2) is 0 Å². The van der Waals surface area contributed by atoms with Crippen LogP contribution in [0.5, 0.6) is 0 Å². The average Bonchev–Trinajstić information content (AvgIpc) is 2.82. The number of amides is 3. The molecule has 10 nitrogen and oxygen atoms in total. The van der Waals surface area contributed by atoms with Gasteiger partial charge in [0, 0.05) is 59.4 Å². The molecule has 0 aliphatic heterocycles. The zero-order chi connectivity index (χ0) is 29.3. The second-order valence-corrected chi connectivity index (χ2v) is 6.73. The van der Waals surface area contributed by atoms with Crippen molar-refractivity contribution in [1.82, 2.24) is 14.7 Å². The molecule has 0 bridgehead atoms. The number of rotatable bonds is 5. The number of ether oxygens (including phenoxy) is 2. The Morgan fingerprint density at radius 3 is 1.11 bits per heavy atom. The number of hydrogen-bond acceptors (Lipinski definition) is 7. The summed E-state index contributed by atoms with van der Waals surface area (Å²) >= 11 is 0. The van der Waals surface area contributed by atoms with Crippen LogP contribution >= 0.6 is 0 Å². The Bertz CT molecular complexity index is 737. The lowest BCUT2D eigenvalue weighted by molar-refractivity contribution is -0.136. The van der Waals surface area contributed by atoms with Crippen molar-refractivity contribution in [2.24, 2.45) is 0 Å². The molecule has 0 aromatic rings. The van der Waals surface area contributed by atoms with Gasteiger partial charge in [0.1, 0.15) is 0 Å². The molecule has 0 spiro atoms. The molecule has 0 rings (SSSR count). The maximum Gasteiger partial charge on any atom is 0.332 e. The summed E-state index contributed by atoms with van der Waals surface area (Å²) in [7, 11) is 11.1. The molecule has 0 unspecified atom stereocenters. The van der Waals surface area contributed by atoms with Gasteiger partial charge in [-0.25, -0.2) is 9.59 Å². The Hall–Kier alpha value is -3.95. The van der Waals surface area contributed by atoms with Crippen LogP contribution < -0.4 is 0 Å². The van der Waals surface area contributed by atoms with Gasteiger partial charge in [0.2, 0.25) is 17.7 Å². The molecule has 10 heteroatoms. The fourth-order valence-corrected chi connectivity index (χ4v) is 0.950. The molecule has 200 valence electrons. The van der Waals surface area contributed by atoms with E-state index >= 15 is 0 Å². The van der Waals surface area contributed by atoms with Gasteiger partial charge in [-0.2, -0.15) is 0 Å². The summed E-state index contributed by atoms with van der Waals surface area (Å²) in [5.41, 5.74) is 1.01. The highest BCUT2D eigenvalue weighted by atomic mass is 16.5. The first kappa shape index (κ1) is 41.3. The summed E-state index contributed by atoms with van der Waals surface area (Å²) in [6.07, 6.45) is 3.86. The molecule has 0 saturated heterocycles. The fraction of sp³-hybridized carbons (Fsp3) is 0.400. The fourth-order valence-electron chi connectivity index (χ4n) is 0.950. The van der Waals surface area contributed by atoms with Gasteiger partial charge in [0.25, 0.3) is 0 Å². The monoisotopic (exact) mass is 497 g/mol. The minimum absolute atomic E-state index is 0.00926. The zero-order valence-corrected chi connectivity index (χ0v) is 23.0. The van der Waals surface area contributed by atoms with Crippen LogP contribution in [0.1, 0.15) is 20.8 Å². The predicted molar refractivity (Wildman–Crippen MR) is 140 cm³/mol. The average molecular weight is 498 g/mol. The molecule has 0 aromatic carbocycles. The molecule has 0 radical (unpaired) electrons. The summed E-state index contributed by atoms with van der Waals surface area (Å²) in [6.45, 7) is 21.5. The summed E-state index contributed by atoms with van der Waals surface area (Å²) < 4.78 is 8.42. The summed E-state index contributed by atoms with van der Waals surface area (Å²) in [4.78, 5) is 55.6. The van der Waals surface area contributed by atoms with Crippen LogP contribution in [-0.2, 0) is 33.4 Å². The highest BCUT2D eigenvalue weighted by molar-refractivity contribution is 5.91. The van der Waals surface area contributed by atoms with Crippen LogP contribution in [0.3, 0.4) is 0 Å². The van der Waals surface area contributed by atoms with Crippen LogP contribution in [0.15, 0.2) is 62.4 Å². The molecule has 0 aliphatic carbocycles. The summed E-state index contributed by atoms with van der Waals surface area (Å²) in [5, 5.41) is 0. The van der Waals surface area contributed by atoms with Crippen molar-refractivity contribution < 1.29 is 33.4 Å². The molecule has 3 amide bonds. The van der Waals surface area contributed by atoms with E-state index in [1.807, 2.05) is 0 Å². The first-order chi connectivity index (χ1) is 15.9. The van der Waals surface area contributed by atoms with Crippen LogP contribution in [0.25, 0.3) is 0 Å². The maximum absolute atomic E-state index is 10.7. The van der Waals surface area contributed by atoms with Crippen LogP contribution in [0.4, 0.5) is 0 Å². The van der Waals surface area contributed by atoms with Gasteiger partial charge < -0.3 is 24.2 Å². The van der Waals surface area contributed by atoms with Crippen molar-refractivity contribution in [1.29, 1.82) is 0 Å². The Balaban J connectivity index is -0.000000107. The molecular weight excluding hydrogens is 454 g/mol. The predicted octanol–water partition coefficient (Wildman–Crippen LogP) is 2.60. The number of carbonyl (C=O) groups is 5. The number of methoxy groups -OCH3 is 2. The quantitative estimate of drug-likeness (QED) is 0.424. The first-order valence-electron chi connectivity index (χ1n) is 9.92. The molecule has 0 atom stereocenters. The van der Waals surface area contributed by atoms with E-state index in [0.29, 0.717) is 11.1 Å². The molecule has 0 N–H and O–H groups in total. The van der Waals surface area contributed by atoms with E-state index in [1.54, 1.807) is 49.1 Å². The second-order valence-electron chi connectivity index (χ2n) is 6.73. The lowest BCUT2D eigenvalue weighted by atomic mass is 10.3. The normalized spacial score (nSPS) is 7.71. The molecule has 0 aromatic heterocycles. The van der Waals surface area contributed by atoms with Gasteiger partial charge in [-0.15, -0.1) is 0 Å². The molecular formula is C25H43N3O7. The van der Waals surface area contributed by atoms with Crippen molar-refractivity contribution >= 4 is 29.7 Å². The molecule has 0 fully saturated rings. The third-order valence-corrected chi connectivity index (χ3v) is 3.06. The van der Waals surface area contributed by atoms with Crippen LogP contribution in [0, 0.1) is 0 Å². The number of likely N-dealkylation sites (N-methyl/N-ethyl adjacent to an activating group) is 2. The highest BCUT2D eigenvalue weighted by Crippen LogP contribution is 1.90. The maximum atomic E-state index is 10.7. The zero-order valence-electron chi connectivity index (χ0n) is 23.0. The lowest BCUT2D eigenvalue weighted by Gasteiger charge is -2.07. The van der Waals surface area contributed by atoms with Crippen molar-refractivity contribution in [3.63, 3.8) is 0 Å². The largest absolute Gasteiger partial charge is 0.466 e. The van der Waals surface area contributed by atoms with Gasteiger partial charge in [-0.3, -0.25) is 14.4 Å². The van der Waals surface area contributed by atoms with Gasteiger partial charge in [0.05, 0.1) is 14.2 Å². The Labute approximate surface area is 210 Å². The van der Waals surface area contributed by atoms with Crippen LogP contribution in [-0.4, -0.2) is 93.8 Å². The molecule has 0 heterocycles. The van der Waals surface area contributed by atoms with E-state index in [-0.39, 0.29) is 23.7 Å². The first-order valence-corrected chi connectivity index (χ1v) is 9.92. The Kier molecular flexibility index (Phi) is 31.1. The van der Waals surface area contributed by atoms with E-state index in [0.717, 1.165) is 6.08 Å². The SMILES string of the molecule is C=C(C)C(=O)N(C)C.C=C(C)C(=O)OC.C=CC(=O)N(C)C.C=CC(=O)OC.C=CN(C)C(C)=O. The Morgan fingerprint density at radius 2 is 1.11 bits per heavy atom. The minimum atomic E-state index is -0.394. The summed E-state index contributed by atoms with van der Waals surface area (Å²) in [5.74, 6) is -0.796. The molecule has 35 heavy (non-hydrogen) atoms. The number of esters is 2. The van der Waals surface area contributed by atoms with Crippen molar-refractivity contribution in [3.8, 4) is 0 Å². The third-order valence-electron chi connectivity index (χ3n) is 3.06. The van der Waals surface area contributed by atoms with Gasteiger partial charge in [-0.05, 0) is 26.1 Å². The number of hydrogen-bond donors (Lipinski definition) is 0. The van der Waals surface area contributed by atoms with Gasteiger partial charge in [-0.1, -0.05) is 32.9 Å². The smallest absolute Gasteiger partial charge is 0.332 e. The molecule has 0 saturated carbocycles. The minimum Gasteiger partial charge on any atom is -0.466 e. The number of nitrogens with zero attached hydrogens (tertiary/aromatic N) is 3. The Morgan fingerprint density at radius 1 is 0.686 bits per heavy atom. The van der Waals surface area contributed by atoms with E-state index in [2.05, 4.69) is 42.4 Å². The van der Waals surface area contributed by atoms with E-state index in [1.165, 1.54) is 48.1 Å². The lowest BCUT2D eigenvalue weighted by Crippen LogP contribution is -2.21. The van der Waals surface area contributed by atoms with Crippen molar-refractivity contribution in [2.45, 2.75) is 20.8 Å². The van der Waals surface area contributed by atoms with E-state index in [4.69, 9.17) is 0 Å².